The van der Waals surface area contributed by atoms with Crippen LogP contribution in [0.2, 0.25) is 0 Å². The molecule has 5 nitrogen and oxygen atoms in total. The molecule has 1 saturated heterocycles. The van der Waals surface area contributed by atoms with Crippen LogP contribution in [0.5, 0.6) is 0 Å². The molecule has 26 heavy (non-hydrogen) atoms. The van der Waals surface area contributed by atoms with Crippen LogP contribution in [0.25, 0.3) is 11.0 Å². The van der Waals surface area contributed by atoms with Crippen LogP contribution >= 0.6 is 0 Å². The first kappa shape index (κ1) is 17.0. The van der Waals surface area contributed by atoms with E-state index in [1.165, 1.54) is 17.0 Å². The van der Waals surface area contributed by atoms with E-state index in [1.807, 2.05) is 0 Å². The smallest absolute Gasteiger partial charge is 0.0890 e. The Bertz CT molecular complexity index is 818. The molecule has 0 unspecified atom stereocenters. The van der Waals surface area contributed by atoms with E-state index in [0.29, 0.717) is 0 Å². The van der Waals surface area contributed by atoms with Gasteiger partial charge in [-0.3, -0.25) is 9.97 Å². The van der Waals surface area contributed by atoms with E-state index in [4.69, 9.17) is 0 Å². The molecular weight excluding hydrogens is 322 g/mol. The van der Waals surface area contributed by atoms with Crippen LogP contribution in [0.4, 0.5) is 0 Å². The molecule has 0 atom stereocenters. The highest BCUT2D eigenvalue weighted by Gasteiger charge is 2.21. The Morgan fingerprint density at radius 2 is 1.73 bits per heavy atom. The van der Waals surface area contributed by atoms with Gasteiger partial charge in [0.2, 0.25) is 0 Å². The van der Waals surface area contributed by atoms with Crippen LogP contribution in [0.15, 0.2) is 54.1 Å². The molecule has 1 N–H and O–H groups in total. The summed E-state index contributed by atoms with van der Waals surface area (Å²) in [6.07, 6.45) is 10.5. The van der Waals surface area contributed by atoms with E-state index >= 15 is 0 Å². The van der Waals surface area contributed by atoms with Gasteiger partial charge in [0.05, 0.1) is 22.4 Å². The Labute approximate surface area is 155 Å². The standard InChI is InChI=1S/C21H27N5/c1-2-25-11-13-26(14-12-25)21-6-4-3-5-19(21)24-16-17-7-8-18-20(15-17)23-10-9-22-18/h5-10,15,24H,2-4,11-14,16H2,1H3. The second-order valence-electron chi connectivity index (χ2n) is 6.94. The Morgan fingerprint density at radius 1 is 0.962 bits per heavy atom. The van der Waals surface area contributed by atoms with Gasteiger partial charge in [-0.2, -0.15) is 0 Å². The maximum Gasteiger partial charge on any atom is 0.0890 e. The predicted molar refractivity (Wildman–Crippen MR) is 105 cm³/mol. The summed E-state index contributed by atoms with van der Waals surface area (Å²) in [5.74, 6) is 0. The van der Waals surface area contributed by atoms with Gasteiger partial charge in [0.15, 0.2) is 0 Å². The molecule has 0 radical (unpaired) electrons. The summed E-state index contributed by atoms with van der Waals surface area (Å²) in [4.78, 5) is 13.8. The van der Waals surface area contributed by atoms with E-state index in [9.17, 15) is 0 Å². The second kappa shape index (κ2) is 7.87. The molecule has 1 aliphatic carbocycles. The molecule has 2 heterocycles. The van der Waals surface area contributed by atoms with E-state index < -0.39 is 0 Å². The van der Waals surface area contributed by atoms with Crippen LogP contribution < -0.4 is 5.32 Å². The number of hydrogen-bond acceptors (Lipinski definition) is 5. The van der Waals surface area contributed by atoms with Gasteiger partial charge in [-0.25, -0.2) is 0 Å². The van der Waals surface area contributed by atoms with Crippen LogP contribution in [-0.4, -0.2) is 52.5 Å². The van der Waals surface area contributed by atoms with Crippen molar-refractivity contribution >= 4 is 11.0 Å². The van der Waals surface area contributed by atoms with Crippen molar-refractivity contribution in [2.24, 2.45) is 0 Å². The molecule has 2 aliphatic rings. The van der Waals surface area contributed by atoms with E-state index in [1.54, 1.807) is 12.4 Å². The third kappa shape index (κ3) is 3.73. The minimum Gasteiger partial charge on any atom is -0.380 e. The fraction of sp³-hybridized carbons (Fsp3) is 0.429. The van der Waals surface area contributed by atoms with E-state index in [0.717, 1.165) is 63.1 Å². The summed E-state index contributed by atoms with van der Waals surface area (Å²) in [5.41, 5.74) is 5.80. The number of nitrogens with one attached hydrogen (secondary N) is 1. The van der Waals surface area contributed by atoms with Crippen molar-refractivity contribution in [3.05, 3.63) is 59.7 Å². The summed E-state index contributed by atoms with van der Waals surface area (Å²) >= 11 is 0. The Balaban J connectivity index is 1.42. The molecule has 0 saturated carbocycles. The second-order valence-corrected chi connectivity index (χ2v) is 6.94. The zero-order valence-electron chi connectivity index (χ0n) is 15.5. The Morgan fingerprint density at radius 3 is 2.54 bits per heavy atom. The summed E-state index contributed by atoms with van der Waals surface area (Å²) in [5, 5.41) is 3.66. The number of piperazine rings is 1. The average Bonchev–Trinajstić information content (AvgIpc) is 2.72. The van der Waals surface area contributed by atoms with Crippen LogP contribution in [0, 0.1) is 0 Å². The zero-order valence-corrected chi connectivity index (χ0v) is 15.5. The van der Waals surface area contributed by atoms with Gasteiger partial charge >= 0.3 is 0 Å². The van der Waals surface area contributed by atoms with Gasteiger partial charge in [-0.15, -0.1) is 0 Å². The van der Waals surface area contributed by atoms with Crippen molar-refractivity contribution < 1.29 is 0 Å². The van der Waals surface area contributed by atoms with Gasteiger partial charge in [0.1, 0.15) is 0 Å². The molecular formula is C21H27N5. The molecule has 1 aromatic heterocycles. The summed E-state index contributed by atoms with van der Waals surface area (Å²) in [7, 11) is 0. The summed E-state index contributed by atoms with van der Waals surface area (Å²) in [6, 6.07) is 6.31. The lowest BCUT2D eigenvalue weighted by Gasteiger charge is -2.38. The van der Waals surface area contributed by atoms with Crippen molar-refractivity contribution in [3.63, 3.8) is 0 Å². The lowest BCUT2D eigenvalue weighted by molar-refractivity contribution is 0.165. The number of nitrogens with zero attached hydrogens (tertiary/aromatic N) is 4. The highest BCUT2D eigenvalue weighted by molar-refractivity contribution is 5.74. The number of fused-ring (bicyclic) bond motifs is 1. The Kier molecular flexibility index (Phi) is 5.16. The molecule has 136 valence electrons. The molecule has 1 fully saturated rings. The van der Waals surface area contributed by atoms with Gasteiger partial charge in [0, 0.05) is 45.1 Å². The minimum absolute atomic E-state index is 0.810. The first-order valence-electron chi connectivity index (χ1n) is 9.65. The number of allylic oxidation sites excluding steroid dienone is 2. The SMILES string of the molecule is CCN1CCN(C2=CCCC=C2NCc2ccc3nccnc3c2)CC1. The fourth-order valence-electron chi connectivity index (χ4n) is 3.75. The molecule has 0 bridgehead atoms. The van der Waals surface area contributed by atoms with E-state index in [2.05, 4.69) is 62.4 Å². The topological polar surface area (TPSA) is 44.3 Å². The molecule has 4 rings (SSSR count). The Hall–Kier alpha value is -2.40. The monoisotopic (exact) mass is 349 g/mol. The van der Waals surface area contributed by atoms with Crippen LogP contribution in [-0.2, 0) is 6.54 Å². The minimum atomic E-state index is 0.810. The maximum absolute atomic E-state index is 4.41. The number of aromatic nitrogens is 2. The summed E-state index contributed by atoms with van der Waals surface area (Å²) in [6.45, 7) is 8.75. The van der Waals surface area contributed by atoms with Crippen molar-refractivity contribution in [2.75, 3.05) is 32.7 Å². The molecule has 0 amide bonds. The third-order valence-corrected chi connectivity index (χ3v) is 5.31. The van der Waals surface area contributed by atoms with Gasteiger partial charge in [0.25, 0.3) is 0 Å². The number of likely N-dealkylation sites (N-methyl/N-ethyl adjacent to an activating group) is 1. The molecule has 1 aromatic carbocycles. The first-order valence-corrected chi connectivity index (χ1v) is 9.65. The largest absolute Gasteiger partial charge is 0.380 e. The van der Waals surface area contributed by atoms with Crippen molar-refractivity contribution in [1.29, 1.82) is 0 Å². The van der Waals surface area contributed by atoms with Gasteiger partial charge in [-0.05, 0) is 37.1 Å². The van der Waals surface area contributed by atoms with Crippen molar-refractivity contribution in [2.45, 2.75) is 26.3 Å². The predicted octanol–water partition coefficient (Wildman–Crippen LogP) is 2.92. The fourth-order valence-corrected chi connectivity index (χ4v) is 3.75. The molecule has 5 heteroatoms. The lowest BCUT2D eigenvalue weighted by atomic mass is 10.1. The lowest BCUT2D eigenvalue weighted by Crippen LogP contribution is -2.46. The zero-order chi connectivity index (χ0) is 17.8. The molecule has 1 aliphatic heterocycles. The van der Waals surface area contributed by atoms with Crippen molar-refractivity contribution in [3.8, 4) is 0 Å². The third-order valence-electron chi connectivity index (χ3n) is 5.31. The summed E-state index contributed by atoms with van der Waals surface area (Å²) < 4.78 is 0. The normalized spacial score (nSPS) is 18.6. The van der Waals surface area contributed by atoms with Crippen LogP contribution in [0.1, 0.15) is 25.3 Å². The number of rotatable bonds is 5. The number of hydrogen-bond donors (Lipinski definition) is 1. The maximum atomic E-state index is 4.41. The highest BCUT2D eigenvalue weighted by Crippen LogP contribution is 2.22. The number of benzene rings is 1. The first-order chi connectivity index (χ1) is 12.8. The van der Waals surface area contributed by atoms with Gasteiger partial charge < -0.3 is 15.1 Å². The van der Waals surface area contributed by atoms with Gasteiger partial charge in [-0.1, -0.05) is 25.1 Å². The molecule has 0 spiro atoms. The molecule has 2 aromatic rings. The van der Waals surface area contributed by atoms with E-state index in [-0.39, 0.29) is 0 Å². The van der Waals surface area contributed by atoms with Crippen LogP contribution in [0.3, 0.4) is 0 Å². The highest BCUT2D eigenvalue weighted by atomic mass is 15.3. The van der Waals surface area contributed by atoms with Crippen molar-refractivity contribution in [1.82, 2.24) is 25.1 Å². The average molecular weight is 349 g/mol. The quantitative estimate of drug-likeness (QED) is 0.899.